The number of benzene rings is 1. The molecule has 0 atom stereocenters. The van der Waals surface area contributed by atoms with E-state index in [-0.39, 0.29) is 0 Å². The van der Waals surface area contributed by atoms with Gasteiger partial charge in [-0.15, -0.1) is 0 Å². The molecule has 1 aromatic carbocycles. The van der Waals surface area contributed by atoms with Crippen molar-refractivity contribution in [2.75, 3.05) is 6.54 Å². The number of aromatic nitrogens is 1. The number of H-pyrrole nitrogens is 1. The van der Waals surface area contributed by atoms with Crippen LogP contribution in [0.1, 0.15) is 25.8 Å². The van der Waals surface area contributed by atoms with Crippen LogP contribution >= 0.6 is 0 Å². The Balaban J connectivity index is 1.89. The fourth-order valence-corrected chi connectivity index (χ4v) is 2.28. The molecule has 0 aliphatic heterocycles. The van der Waals surface area contributed by atoms with Gasteiger partial charge in [-0.2, -0.15) is 0 Å². The monoisotopic (exact) mass is 242 g/mol. The molecule has 96 valence electrons. The van der Waals surface area contributed by atoms with Crippen LogP contribution in [0.5, 0.6) is 0 Å². The number of hydrogen-bond acceptors (Lipinski definition) is 1. The van der Waals surface area contributed by atoms with Crippen LogP contribution in [0.3, 0.4) is 0 Å². The maximum atomic E-state index is 4.06. The molecule has 0 unspecified atom stereocenters. The topological polar surface area (TPSA) is 27.8 Å². The van der Waals surface area contributed by atoms with E-state index in [1.165, 1.54) is 16.5 Å². The second-order valence-corrected chi connectivity index (χ2v) is 5.24. The zero-order valence-corrected chi connectivity index (χ0v) is 11.3. The lowest BCUT2D eigenvalue weighted by Gasteiger charge is -2.11. The highest BCUT2D eigenvalue weighted by Gasteiger charge is 2.03. The number of para-hydroxylation sites is 1. The van der Waals surface area contributed by atoms with Crippen molar-refractivity contribution in [3.8, 4) is 0 Å². The maximum Gasteiger partial charge on any atom is 0.0456 e. The number of nitrogens with one attached hydrogen (secondary N) is 2. The predicted molar refractivity (Wildman–Crippen MR) is 78.6 cm³/mol. The Morgan fingerprint density at radius 1 is 1.33 bits per heavy atom. The van der Waals surface area contributed by atoms with Crippen molar-refractivity contribution in [1.82, 2.24) is 10.3 Å². The Kier molecular flexibility index (Phi) is 4.08. The van der Waals surface area contributed by atoms with Crippen molar-refractivity contribution in [2.45, 2.75) is 26.7 Å². The second kappa shape index (κ2) is 5.76. The Hall–Kier alpha value is -1.70. The molecule has 18 heavy (non-hydrogen) atoms. The van der Waals surface area contributed by atoms with Gasteiger partial charge in [-0.1, -0.05) is 38.6 Å². The molecule has 2 nitrogen and oxygen atoms in total. The summed E-state index contributed by atoms with van der Waals surface area (Å²) in [5.41, 5.74) is 3.73. The van der Waals surface area contributed by atoms with Crippen LogP contribution in [0.15, 0.2) is 42.7 Å². The normalized spacial score (nSPS) is 11.1. The first-order valence-electron chi connectivity index (χ1n) is 6.63. The summed E-state index contributed by atoms with van der Waals surface area (Å²) in [4.78, 5) is 3.31. The minimum Gasteiger partial charge on any atom is -0.388 e. The first kappa shape index (κ1) is 12.7. The lowest BCUT2D eigenvalue weighted by atomic mass is 10.1. The van der Waals surface area contributed by atoms with Crippen LogP contribution in [0.25, 0.3) is 10.9 Å². The summed E-state index contributed by atoms with van der Waals surface area (Å²) >= 11 is 0. The highest BCUT2D eigenvalue weighted by atomic mass is 14.9. The predicted octanol–water partition coefficient (Wildman–Crippen LogP) is 3.86. The molecule has 0 saturated heterocycles. The lowest BCUT2D eigenvalue weighted by Crippen LogP contribution is -2.17. The molecule has 2 rings (SSSR count). The van der Waals surface area contributed by atoms with Gasteiger partial charge in [0.15, 0.2) is 0 Å². The van der Waals surface area contributed by atoms with Crippen LogP contribution in [0.2, 0.25) is 0 Å². The summed E-state index contributed by atoms with van der Waals surface area (Å²) in [7, 11) is 0. The van der Waals surface area contributed by atoms with Gasteiger partial charge >= 0.3 is 0 Å². The Bertz CT molecular complexity index is 523. The summed E-state index contributed by atoms with van der Waals surface area (Å²) in [5.74, 6) is 0.665. The summed E-state index contributed by atoms with van der Waals surface area (Å²) in [6.07, 6.45) is 4.19. The highest BCUT2D eigenvalue weighted by molar-refractivity contribution is 5.83. The molecule has 0 spiro atoms. The molecule has 0 radical (unpaired) electrons. The van der Waals surface area contributed by atoms with Crippen molar-refractivity contribution in [3.63, 3.8) is 0 Å². The van der Waals surface area contributed by atoms with Gasteiger partial charge < -0.3 is 10.3 Å². The molecule has 1 heterocycles. The molecule has 0 aliphatic carbocycles. The summed E-state index contributed by atoms with van der Waals surface area (Å²) in [6.45, 7) is 9.44. The number of fused-ring (bicyclic) bond motifs is 1. The fourth-order valence-electron chi connectivity index (χ4n) is 2.28. The molecule has 1 aromatic heterocycles. The number of hydrogen-bond donors (Lipinski definition) is 2. The van der Waals surface area contributed by atoms with Gasteiger partial charge in [-0.3, -0.25) is 0 Å². The summed E-state index contributed by atoms with van der Waals surface area (Å²) in [6, 6.07) is 8.43. The minimum atomic E-state index is 0.665. The quantitative estimate of drug-likeness (QED) is 0.791. The smallest absolute Gasteiger partial charge is 0.0456 e. The SMILES string of the molecule is C=C(CC(C)C)NCCc1c[nH]c2ccccc12. The van der Waals surface area contributed by atoms with Crippen molar-refractivity contribution < 1.29 is 0 Å². The zero-order chi connectivity index (χ0) is 13.0. The second-order valence-electron chi connectivity index (χ2n) is 5.24. The molecule has 2 heteroatoms. The average Bonchev–Trinajstić information content (AvgIpc) is 2.72. The van der Waals surface area contributed by atoms with Gasteiger partial charge in [0.1, 0.15) is 0 Å². The van der Waals surface area contributed by atoms with E-state index in [0.717, 1.165) is 25.1 Å². The van der Waals surface area contributed by atoms with Crippen LogP contribution in [0.4, 0.5) is 0 Å². The lowest BCUT2D eigenvalue weighted by molar-refractivity contribution is 0.603. The molecular formula is C16H22N2. The van der Waals surface area contributed by atoms with E-state index >= 15 is 0 Å². The van der Waals surface area contributed by atoms with Gasteiger partial charge in [0.05, 0.1) is 0 Å². The minimum absolute atomic E-state index is 0.665. The third-order valence-corrected chi connectivity index (χ3v) is 3.10. The Labute approximate surface area is 109 Å². The van der Waals surface area contributed by atoms with Crippen molar-refractivity contribution in [2.24, 2.45) is 5.92 Å². The summed E-state index contributed by atoms with van der Waals surface area (Å²) in [5, 5.41) is 4.74. The van der Waals surface area contributed by atoms with E-state index < -0.39 is 0 Å². The van der Waals surface area contributed by atoms with Crippen LogP contribution < -0.4 is 5.32 Å². The molecule has 0 amide bonds. The maximum absolute atomic E-state index is 4.06. The van der Waals surface area contributed by atoms with Crippen LogP contribution in [0, 0.1) is 5.92 Å². The van der Waals surface area contributed by atoms with E-state index in [1.807, 2.05) is 0 Å². The Morgan fingerprint density at radius 3 is 2.89 bits per heavy atom. The first-order valence-corrected chi connectivity index (χ1v) is 6.63. The van der Waals surface area contributed by atoms with Gasteiger partial charge in [0.25, 0.3) is 0 Å². The average molecular weight is 242 g/mol. The molecule has 0 saturated carbocycles. The van der Waals surface area contributed by atoms with E-state index in [4.69, 9.17) is 0 Å². The molecule has 0 aliphatic rings. The number of rotatable bonds is 6. The molecule has 2 aromatic rings. The van der Waals surface area contributed by atoms with E-state index in [9.17, 15) is 0 Å². The summed E-state index contributed by atoms with van der Waals surface area (Å²) < 4.78 is 0. The van der Waals surface area contributed by atoms with Gasteiger partial charge in [0.2, 0.25) is 0 Å². The zero-order valence-electron chi connectivity index (χ0n) is 11.3. The number of allylic oxidation sites excluding steroid dienone is 1. The van der Waals surface area contributed by atoms with E-state index in [0.29, 0.717) is 5.92 Å². The van der Waals surface area contributed by atoms with Crippen molar-refractivity contribution in [1.29, 1.82) is 0 Å². The van der Waals surface area contributed by atoms with Crippen molar-refractivity contribution in [3.05, 3.63) is 48.3 Å². The van der Waals surface area contributed by atoms with Crippen molar-refractivity contribution >= 4 is 10.9 Å². The molecular weight excluding hydrogens is 220 g/mol. The largest absolute Gasteiger partial charge is 0.388 e. The van der Waals surface area contributed by atoms with E-state index in [1.54, 1.807) is 0 Å². The van der Waals surface area contributed by atoms with E-state index in [2.05, 4.69) is 61.2 Å². The van der Waals surface area contributed by atoms with Gasteiger partial charge in [0, 0.05) is 29.3 Å². The molecule has 2 N–H and O–H groups in total. The highest BCUT2D eigenvalue weighted by Crippen LogP contribution is 2.17. The number of aromatic amines is 1. The Morgan fingerprint density at radius 2 is 2.11 bits per heavy atom. The third kappa shape index (κ3) is 3.16. The van der Waals surface area contributed by atoms with Gasteiger partial charge in [-0.05, 0) is 30.4 Å². The van der Waals surface area contributed by atoms with Crippen LogP contribution in [-0.4, -0.2) is 11.5 Å². The van der Waals surface area contributed by atoms with Crippen LogP contribution in [-0.2, 0) is 6.42 Å². The molecule has 0 fully saturated rings. The van der Waals surface area contributed by atoms with Gasteiger partial charge in [-0.25, -0.2) is 0 Å². The third-order valence-electron chi connectivity index (χ3n) is 3.10. The molecule has 0 bridgehead atoms. The fraction of sp³-hybridized carbons (Fsp3) is 0.375. The first-order chi connectivity index (χ1) is 8.66. The standard InChI is InChI=1S/C16H22N2/c1-12(2)10-13(3)17-9-8-14-11-18-16-7-5-4-6-15(14)16/h4-7,11-12,17-18H,3,8-10H2,1-2H3.